The average Bonchev–Trinajstić information content (AvgIpc) is 1.65. The van der Waals surface area contributed by atoms with E-state index >= 15 is 0 Å². The second-order valence-corrected chi connectivity index (χ2v) is 41.6. The van der Waals surface area contributed by atoms with Gasteiger partial charge in [0.2, 0.25) is 0 Å². The molecule has 0 N–H and O–H groups in total. The molecule has 125 heavy (non-hydrogen) atoms. The van der Waals surface area contributed by atoms with Crippen LogP contribution in [0.4, 0.5) is 13.2 Å². The summed E-state index contributed by atoms with van der Waals surface area (Å²) in [5.41, 5.74) is 12.5. The van der Waals surface area contributed by atoms with Crippen molar-refractivity contribution in [1.82, 2.24) is 97.0 Å². The Morgan fingerprint density at radius 2 is 0.832 bits per heavy atom. The van der Waals surface area contributed by atoms with E-state index in [0.717, 1.165) is 104 Å². The predicted molar refractivity (Wildman–Crippen MR) is 474 cm³/mol. The molecule has 644 valence electrons. The summed E-state index contributed by atoms with van der Waals surface area (Å²) in [5, 5.41) is 35.7. The van der Waals surface area contributed by atoms with Gasteiger partial charge in [0.05, 0.1) is 122 Å². The number of Topliss-reactive ketones (excluding diaryl/α,β-unsaturated/α-hetero) is 3. The monoisotopic (exact) mass is 1740 g/mol. The molecule has 20 rings (SSSR count). The summed E-state index contributed by atoms with van der Waals surface area (Å²) in [6.07, 6.45) is 34.7. The molecule has 0 aliphatic heterocycles. The molecule has 0 amide bonds. The van der Waals surface area contributed by atoms with Crippen molar-refractivity contribution in [2.75, 3.05) is 21.1 Å². The van der Waals surface area contributed by atoms with Crippen molar-refractivity contribution in [2.24, 2.45) is 36.3 Å². The maximum Gasteiger partial charge on any atom is 0.191 e. The fourth-order valence-electron chi connectivity index (χ4n) is 19.1. The number of hydrogen-bond acceptors (Lipinski definition) is 17. The molecule has 32 heteroatoms. The number of carbonyl (C=O) groups excluding carboxylic acids is 3. The van der Waals surface area contributed by atoms with E-state index in [4.69, 9.17) is 0 Å². The maximum atomic E-state index is 14.6. The van der Waals surface area contributed by atoms with Crippen LogP contribution in [0.3, 0.4) is 0 Å². The number of pyridine rings is 3. The minimum atomic E-state index is -2.93. The summed E-state index contributed by atoms with van der Waals surface area (Å²) in [6, 6.07) is 29.4. The molecule has 26 nitrogen and oxygen atoms in total. The van der Waals surface area contributed by atoms with Crippen molar-refractivity contribution in [2.45, 2.75) is 162 Å². The minimum Gasteiger partial charge on any atom is -0.291 e. The molecule has 9 heterocycles. The highest BCUT2D eigenvalue weighted by Gasteiger charge is 2.55. The Bertz CT molecular complexity index is 6700. The van der Waals surface area contributed by atoms with Crippen LogP contribution in [0.25, 0.3) is 35.3 Å². The van der Waals surface area contributed by atoms with Gasteiger partial charge < -0.3 is 0 Å². The summed E-state index contributed by atoms with van der Waals surface area (Å²) in [5.74, 6) is 12.4. The van der Waals surface area contributed by atoms with Gasteiger partial charge in [-0.3, -0.25) is 34.0 Å². The summed E-state index contributed by atoms with van der Waals surface area (Å²) in [4.78, 5) is 60.5. The van der Waals surface area contributed by atoms with Crippen molar-refractivity contribution >= 4 is 82.3 Å². The fourth-order valence-corrected chi connectivity index (χ4v) is 23.4. The number of fused-ring (bicyclic) bond motifs is 6. The zero-order chi connectivity index (χ0) is 87.4. The lowest BCUT2D eigenvalue weighted by Gasteiger charge is -2.46. The maximum absolute atomic E-state index is 14.6. The molecule has 3 unspecified atom stereocenters. The Kier molecular flexibility index (Phi) is 21.9. The number of halogens is 3. The normalized spacial score (nSPS) is 22.6. The molecule has 0 radical (unpaired) electrons. The van der Waals surface area contributed by atoms with Gasteiger partial charge in [0.15, 0.2) is 27.4 Å². The van der Waals surface area contributed by atoms with E-state index in [1.165, 1.54) is 76.8 Å². The number of hydrogen-bond donors (Lipinski definition) is 0. The highest BCUT2D eigenvalue weighted by Crippen LogP contribution is 2.55. The summed E-state index contributed by atoms with van der Waals surface area (Å²) in [7, 11) is 0.0937. The molecular formula is C93H97F3N20O6S3. The Morgan fingerprint density at radius 1 is 0.448 bits per heavy atom. The van der Waals surface area contributed by atoms with Gasteiger partial charge in [-0.05, 0) is 322 Å². The Morgan fingerprint density at radius 3 is 1.18 bits per heavy atom. The molecule has 12 aromatic rings. The number of allylic oxidation sites excluding steroid dienone is 3. The molecule has 5 saturated carbocycles. The van der Waals surface area contributed by atoms with Gasteiger partial charge in [0, 0.05) is 63.6 Å². The number of aryl methyl sites for hydroxylation is 4. The first-order valence-corrected chi connectivity index (χ1v) is 47.1. The number of carbonyl (C=O) groups is 3. The van der Waals surface area contributed by atoms with Crippen LogP contribution < -0.4 is 0 Å². The topological polar surface area (TPSA) is 284 Å². The van der Waals surface area contributed by atoms with Crippen molar-refractivity contribution in [1.29, 1.82) is 0 Å². The van der Waals surface area contributed by atoms with E-state index in [2.05, 4.69) is 91.6 Å². The number of rotatable bonds is 21. The number of ketones is 3. The van der Waals surface area contributed by atoms with Crippen LogP contribution in [0.5, 0.6) is 0 Å². The molecule has 5 fully saturated rings. The van der Waals surface area contributed by atoms with Gasteiger partial charge in [0.1, 0.15) is 34.5 Å². The quantitative estimate of drug-likeness (QED) is 0.0477. The summed E-state index contributed by atoms with van der Waals surface area (Å²) in [6.45, 7) is 4.73. The lowest BCUT2D eigenvalue weighted by molar-refractivity contribution is 0.0743. The van der Waals surface area contributed by atoms with E-state index in [1.807, 2.05) is 78.7 Å². The van der Waals surface area contributed by atoms with Crippen LogP contribution in [-0.2, 0) is 69.0 Å². The minimum absolute atomic E-state index is 0.0338. The van der Waals surface area contributed by atoms with Gasteiger partial charge >= 0.3 is 0 Å². The van der Waals surface area contributed by atoms with E-state index in [0.29, 0.717) is 114 Å². The van der Waals surface area contributed by atoms with Gasteiger partial charge in [-0.2, -0.15) is 40.2 Å². The van der Waals surface area contributed by atoms with E-state index < -0.39 is 45.4 Å². The van der Waals surface area contributed by atoms with Gasteiger partial charge in [0.25, 0.3) is 0 Å². The van der Waals surface area contributed by atoms with Gasteiger partial charge in [-0.15, -0.1) is 10.2 Å². The Labute approximate surface area is 724 Å². The first kappa shape index (κ1) is 84.1. The van der Waals surface area contributed by atoms with Crippen LogP contribution in [-0.4, -0.2) is 184 Å². The van der Waals surface area contributed by atoms with E-state index in [9.17, 15) is 40.2 Å². The number of nitrogens with zero attached hydrogens (tertiary/aromatic N) is 20. The summed E-state index contributed by atoms with van der Waals surface area (Å²) >= 11 is 0. The van der Waals surface area contributed by atoms with Crippen molar-refractivity contribution in [3.63, 3.8) is 0 Å². The third-order valence-corrected chi connectivity index (χ3v) is 33.0. The first-order chi connectivity index (χ1) is 59.9. The molecule has 0 bridgehead atoms. The zero-order valence-electron chi connectivity index (χ0n) is 70.7. The molecule has 0 spiro atoms. The number of benzene rings is 3. The lowest BCUT2D eigenvalue weighted by Crippen LogP contribution is -2.49. The highest BCUT2D eigenvalue weighted by molar-refractivity contribution is 7.98. The van der Waals surface area contributed by atoms with Crippen LogP contribution in [0, 0.1) is 53.5 Å². The second-order valence-electron chi connectivity index (χ2n) is 34.7. The lowest BCUT2D eigenvalue weighted by atomic mass is 9.60. The Hall–Kier alpha value is -11.8. The fraction of sp³-hybridized carbons (Fsp3) is 0.344. The second kappa shape index (κ2) is 32.6. The zero-order valence-corrected chi connectivity index (χ0v) is 73.1. The summed E-state index contributed by atoms with van der Waals surface area (Å²) < 4.78 is 95.6. The third kappa shape index (κ3) is 15.8. The van der Waals surface area contributed by atoms with Crippen molar-refractivity contribution in [3.05, 3.63) is 273 Å². The van der Waals surface area contributed by atoms with Crippen LogP contribution in [0.2, 0.25) is 0 Å². The molecule has 9 atom stereocenters. The van der Waals surface area contributed by atoms with Crippen LogP contribution >= 0.6 is 0 Å². The van der Waals surface area contributed by atoms with Crippen LogP contribution in [0.1, 0.15) is 171 Å². The van der Waals surface area contributed by atoms with Crippen LogP contribution in [0.15, 0.2) is 203 Å². The molecule has 8 aliphatic carbocycles. The predicted octanol–water partition coefficient (Wildman–Crippen LogP) is 13.5. The molecule has 3 aromatic carbocycles. The third-order valence-electron chi connectivity index (χ3n) is 26.7. The standard InChI is InChI=1S/C33H35FN6O2S.C31H32FN7O2S.C29H30FN7O2S/c1-22-12-13-35-30(14-22)32(41)33-16-24-18-37-40(27-10-7-26(34)8-11-27)31(24)15-25(33)6-9-28(17-33)38(2)43(3,42)29-19-36-39(21-29)20-23-4-5-23;1-37(42(3,41)29-19-34-38(2)36-29)26-10-7-23-14-28-22(18-35-39(28)25-11-8-24(32)9-12-25)15-31(23,16-26)30(40)27-13-6-21(17-33-27)20-4-5-20;1-19-11-12-31-25(13-19)28(38)29-15-20-17-33-37(23-9-6-22(30)7-10-23)26(20)14-21(29)5-8-24(16-29)35(2)40(4,39)27-18-32-36(3)34-27/h7-8,10-15,18-19,21,23,28H,3-6,9,16-17,20H2,1-2H3;6,8-9,11-14,17-20,26H,3-5,7,10,15-16H2,1-2H3;6-7,9-14,17-18,24H,4-5,8,15-16H2,1-3H3/t28-,33-,43?;26-,31-,42?;24-,29-,40?/m000/s1. The number of aromatic nitrogens is 17. The highest BCUT2D eigenvalue weighted by atomic mass is 32.2. The Balaban J connectivity index is 0.000000127. The SMILES string of the molecule is C=S(=O)(c1cnn(C)n1)N(C)[C@H]1CCC2=Cc3c(cnn3-c3ccc(F)cc3)C[C@]2(C(=O)c2cc(C)ccn2)C1.C=S(=O)(c1cnn(C)n1)N(C)[C@H]1CCC2=Cc3c(cnn3-c3ccc(F)cc3)C[C@]2(C(=O)c2ccc(C3CC3)cn2)C1.C=S(=O)(c1cnn(CC2CC2)c1)N(C)[C@H]1CCC2=Cc3c(cnn3-c3ccc(F)cc3)C[C@]2(C(=O)c2cc(C)ccn2)C1. The molecule has 8 aliphatic rings. The van der Waals surface area contributed by atoms with Gasteiger partial charge in [-0.1, -0.05) is 22.8 Å². The first-order valence-electron chi connectivity index (χ1n) is 42.0. The smallest absolute Gasteiger partial charge is 0.191 e. The average molecular weight is 1740 g/mol. The molecular weight excluding hydrogens is 1650 g/mol. The van der Waals surface area contributed by atoms with E-state index in [-0.39, 0.29) is 52.9 Å². The largest absolute Gasteiger partial charge is 0.291 e. The molecule has 0 saturated heterocycles. The molecule has 9 aromatic heterocycles. The van der Waals surface area contributed by atoms with Crippen molar-refractivity contribution in [3.8, 4) is 17.1 Å². The van der Waals surface area contributed by atoms with E-state index in [1.54, 1.807) is 124 Å². The van der Waals surface area contributed by atoms with Gasteiger partial charge in [-0.25, -0.2) is 52.8 Å². The van der Waals surface area contributed by atoms with Crippen molar-refractivity contribution < 1.29 is 40.2 Å².